The SMILES string of the molecule is Cc1ccccc1CN1CCC(N2CCC(C(=O)N3CCC(N(C)C)C3)CC2)CC1. The lowest BCUT2D eigenvalue weighted by molar-refractivity contribution is -0.136. The Morgan fingerprint density at radius 1 is 0.967 bits per heavy atom. The van der Waals surface area contributed by atoms with Crippen molar-refractivity contribution in [3.8, 4) is 0 Å². The van der Waals surface area contributed by atoms with E-state index >= 15 is 0 Å². The highest BCUT2D eigenvalue weighted by Gasteiger charge is 2.35. The number of likely N-dealkylation sites (N-methyl/N-ethyl adjacent to an activating group) is 1. The highest BCUT2D eigenvalue weighted by atomic mass is 16.2. The van der Waals surface area contributed by atoms with Crippen molar-refractivity contribution < 1.29 is 4.79 Å². The number of hydrogen-bond acceptors (Lipinski definition) is 4. The van der Waals surface area contributed by atoms with E-state index in [1.54, 1.807) is 0 Å². The quantitative estimate of drug-likeness (QED) is 0.744. The van der Waals surface area contributed by atoms with E-state index in [9.17, 15) is 4.79 Å². The van der Waals surface area contributed by atoms with E-state index in [1.165, 1.54) is 37.1 Å². The van der Waals surface area contributed by atoms with Crippen LogP contribution < -0.4 is 0 Å². The Hall–Kier alpha value is -1.43. The van der Waals surface area contributed by atoms with Gasteiger partial charge in [0.05, 0.1) is 0 Å². The zero-order chi connectivity index (χ0) is 21.1. The van der Waals surface area contributed by atoms with E-state index in [0.29, 0.717) is 18.0 Å². The van der Waals surface area contributed by atoms with E-state index in [-0.39, 0.29) is 5.92 Å². The van der Waals surface area contributed by atoms with Crippen LogP contribution in [0, 0.1) is 12.8 Å². The van der Waals surface area contributed by atoms with Crippen molar-refractivity contribution in [2.75, 3.05) is 53.4 Å². The van der Waals surface area contributed by atoms with Gasteiger partial charge in [0.1, 0.15) is 0 Å². The van der Waals surface area contributed by atoms with Crippen LogP contribution in [-0.2, 0) is 11.3 Å². The lowest BCUT2D eigenvalue weighted by Crippen LogP contribution is -2.49. The summed E-state index contributed by atoms with van der Waals surface area (Å²) < 4.78 is 0. The van der Waals surface area contributed by atoms with Crippen LogP contribution >= 0.6 is 0 Å². The second kappa shape index (κ2) is 9.80. The fourth-order valence-electron chi connectivity index (χ4n) is 5.60. The normalized spacial score (nSPS) is 25.3. The monoisotopic (exact) mass is 412 g/mol. The number of benzene rings is 1. The smallest absolute Gasteiger partial charge is 0.225 e. The summed E-state index contributed by atoms with van der Waals surface area (Å²) in [4.78, 5) is 22.7. The van der Waals surface area contributed by atoms with E-state index in [0.717, 1.165) is 52.0 Å². The van der Waals surface area contributed by atoms with Gasteiger partial charge in [-0.15, -0.1) is 0 Å². The molecule has 5 heteroatoms. The molecule has 5 nitrogen and oxygen atoms in total. The largest absolute Gasteiger partial charge is 0.341 e. The first-order chi connectivity index (χ1) is 14.5. The Morgan fingerprint density at radius 3 is 2.30 bits per heavy atom. The van der Waals surface area contributed by atoms with Gasteiger partial charge in [0.15, 0.2) is 0 Å². The van der Waals surface area contributed by atoms with Crippen molar-refractivity contribution in [3.05, 3.63) is 35.4 Å². The van der Waals surface area contributed by atoms with Gasteiger partial charge in [-0.2, -0.15) is 0 Å². The summed E-state index contributed by atoms with van der Waals surface area (Å²) in [6.07, 6.45) is 5.75. The molecule has 0 aromatic heterocycles. The molecule has 166 valence electrons. The third-order valence-corrected chi connectivity index (χ3v) is 7.81. The molecule has 1 atom stereocenters. The molecule has 1 aromatic carbocycles. The van der Waals surface area contributed by atoms with Gasteiger partial charge in [-0.25, -0.2) is 0 Å². The van der Waals surface area contributed by atoms with E-state index < -0.39 is 0 Å². The van der Waals surface area contributed by atoms with Gasteiger partial charge in [0.2, 0.25) is 5.91 Å². The molecule has 3 heterocycles. The number of piperidine rings is 2. The summed E-state index contributed by atoms with van der Waals surface area (Å²) in [6.45, 7) is 9.76. The molecule has 1 unspecified atom stereocenters. The summed E-state index contributed by atoms with van der Waals surface area (Å²) in [5.41, 5.74) is 2.87. The maximum Gasteiger partial charge on any atom is 0.225 e. The van der Waals surface area contributed by atoms with Crippen LogP contribution in [0.5, 0.6) is 0 Å². The Kier molecular flexibility index (Phi) is 7.12. The highest BCUT2D eigenvalue weighted by molar-refractivity contribution is 5.79. The molecular formula is C25H40N4O. The van der Waals surface area contributed by atoms with Crippen molar-refractivity contribution >= 4 is 5.91 Å². The van der Waals surface area contributed by atoms with Crippen molar-refractivity contribution in [1.29, 1.82) is 0 Å². The average molecular weight is 413 g/mol. The first kappa shape index (κ1) is 21.8. The van der Waals surface area contributed by atoms with E-state index in [4.69, 9.17) is 0 Å². The molecule has 0 aliphatic carbocycles. The van der Waals surface area contributed by atoms with Crippen LogP contribution in [0.3, 0.4) is 0 Å². The number of amides is 1. The number of carbonyl (C=O) groups is 1. The molecule has 30 heavy (non-hydrogen) atoms. The Labute approximate surface area is 183 Å². The summed E-state index contributed by atoms with van der Waals surface area (Å²) >= 11 is 0. The molecule has 0 saturated carbocycles. The minimum atomic E-state index is 0.253. The van der Waals surface area contributed by atoms with Crippen LogP contribution in [0.15, 0.2) is 24.3 Å². The maximum atomic E-state index is 13.0. The van der Waals surface area contributed by atoms with E-state index in [2.05, 4.69) is 64.9 Å². The van der Waals surface area contributed by atoms with Gasteiger partial charge in [-0.05, 0) is 90.4 Å². The van der Waals surface area contributed by atoms with Crippen molar-refractivity contribution in [2.45, 2.75) is 57.7 Å². The minimum Gasteiger partial charge on any atom is -0.341 e. The summed E-state index contributed by atoms with van der Waals surface area (Å²) in [5.74, 6) is 0.676. The third-order valence-electron chi connectivity index (χ3n) is 7.81. The summed E-state index contributed by atoms with van der Waals surface area (Å²) in [5, 5.41) is 0. The Morgan fingerprint density at radius 2 is 1.67 bits per heavy atom. The average Bonchev–Trinajstić information content (AvgIpc) is 3.26. The molecule has 3 saturated heterocycles. The van der Waals surface area contributed by atoms with Gasteiger partial charge in [0, 0.05) is 37.6 Å². The van der Waals surface area contributed by atoms with E-state index in [1.807, 2.05) is 0 Å². The first-order valence-corrected chi connectivity index (χ1v) is 12.0. The number of likely N-dealkylation sites (tertiary alicyclic amines) is 3. The lowest BCUT2D eigenvalue weighted by Gasteiger charge is -2.42. The number of rotatable bonds is 5. The maximum absolute atomic E-state index is 13.0. The predicted molar refractivity (Wildman–Crippen MR) is 122 cm³/mol. The van der Waals surface area contributed by atoms with Crippen LogP contribution in [0.1, 0.15) is 43.2 Å². The number of hydrogen-bond donors (Lipinski definition) is 0. The van der Waals surface area contributed by atoms with Crippen molar-refractivity contribution in [2.24, 2.45) is 5.92 Å². The first-order valence-electron chi connectivity index (χ1n) is 12.0. The van der Waals surface area contributed by atoms with Gasteiger partial charge in [0.25, 0.3) is 0 Å². The predicted octanol–water partition coefficient (Wildman–Crippen LogP) is 2.83. The van der Waals surface area contributed by atoms with Gasteiger partial charge in [-0.1, -0.05) is 24.3 Å². The van der Waals surface area contributed by atoms with Crippen LogP contribution in [0.2, 0.25) is 0 Å². The topological polar surface area (TPSA) is 30.0 Å². The van der Waals surface area contributed by atoms with Crippen molar-refractivity contribution in [3.63, 3.8) is 0 Å². The van der Waals surface area contributed by atoms with Crippen molar-refractivity contribution in [1.82, 2.24) is 19.6 Å². The molecule has 0 radical (unpaired) electrons. The second-order valence-corrected chi connectivity index (χ2v) is 9.93. The molecule has 0 spiro atoms. The fraction of sp³-hybridized carbons (Fsp3) is 0.720. The molecular weight excluding hydrogens is 372 g/mol. The molecule has 0 bridgehead atoms. The molecule has 3 aliphatic heterocycles. The molecule has 3 aliphatic rings. The number of nitrogens with zero attached hydrogens (tertiary/aromatic N) is 4. The van der Waals surface area contributed by atoms with Crippen LogP contribution in [0.4, 0.5) is 0 Å². The molecule has 0 N–H and O–H groups in total. The standard InChI is InChI=1S/C25H40N4O/c1-20-6-4-5-7-22(20)18-27-13-10-23(11-14-27)28-15-8-21(9-16-28)25(30)29-17-12-24(19-29)26(2)3/h4-7,21,23-24H,8-19H2,1-3H3. The fourth-order valence-corrected chi connectivity index (χ4v) is 5.60. The van der Waals surface area contributed by atoms with Gasteiger partial charge < -0.3 is 14.7 Å². The summed E-state index contributed by atoms with van der Waals surface area (Å²) in [6, 6.07) is 10.0. The highest BCUT2D eigenvalue weighted by Crippen LogP contribution is 2.27. The molecule has 4 rings (SSSR count). The zero-order valence-electron chi connectivity index (χ0n) is 19.2. The Bertz CT molecular complexity index is 705. The molecule has 3 fully saturated rings. The molecule has 1 aromatic rings. The zero-order valence-corrected chi connectivity index (χ0v) is 19.2. The Balaban J connectivity index is 1.20. The lowest BCUT2D eigenvalue weighted by atomic mass is 9.92. The van der Waals surface area contributed by atoms with Crippen LogP contribution in [0.25, 0.3) is 0 Å². The third kappa shape index (κ3) is 5.06. The number of carbonyl (C=O) groups excluding carboxylic acids is 1. The molecule has 1 amide bonds. The summed E-state index contributed by atoms with van der Waals surface area (Å²) in [7, 11) is 4.26. The minimum absolute atomic E-state index is 0.253. The van der Waals surface area contributed by atoms with Gasteiger partial charge in [-0.3, -0.25) is 9.69 Å². The van der Waals surface area contributed by atoms with Gasteiger partial charge >= 0.3 is 0 Å². The number of aryl methyl sites for hydroxylation is 1. The second-order valence-electron chi connectivity index (χ2n) is 9.93. The van der Waals surface area contributed by atoms with Crippen LogP contribution in [-0.4, -0.2) is 91.0 Å².